The van der Waals surface area contributed by atoms with Crippen molar-refractivity contribution in [2.45, 2.75) is 13.5 Å². The lowest BCUT2D eigenvalue weighted by Gasteiger charge is -2.11. The zero-order valence-electron chi connectivity index (χ0n) is 15.3. The fourth-order valence-electron chi connectivity index (χ4n) is 2.91. The smallest absolute Gasteiger partial charge is 0.274 e. The second-order valence-corrected chi connectivity index (χ2v) is 5.95. The molecule has 0 saturated heterocycles. The highest BCUT2D eigenvalue weighted by molar-refractivity contribution is 6.18. The number of hydrogen-bond donors (Lipinski definition) is 2. The Morgan fingerprint density at radius 1 is 1.15 bits per heavy atom. The van der Waals surface area contributed by atoms with E-state index in [1.807, 2.05) is 42.7 Å². The Morgan fingerprint density at radius 2 is 1.78 bits per heavy atom. The largest absolute Gasteiger partial charge is 0.497 e. The Bertz CT molecular complexity index is 957. The van der Waals surface area contributed by atoms with Crippen molar-refractivity contribution in [3.8, 4) is 28.3 Å². The summed E-state index contributed by atoms with van der Waals surface area (Å²) in [6.07, 6.45) is 1.82. The quantitative estimate of drug-likeness (QED) is 0.397. The molecule has 0 spiro atoms. The van der Waals surface area contributed by atoms with Gasteiger partial charge in [-0.2, -0.15) is 0 Å². The van der Waals surface area contributed by atoms with Gasteiger partial charge >= 0.3 is 0 Å². The van der Waals surface area contributed by atoms with Gasteiger partial charge in [0.1, 0.15) is 5.75 Å². The van der Waals surface area contributed by atoms with Gasteiger partial charge in [0, 0.05) is 23.2 Å². The van der Waals surface area contributed by atoms with Gasteiger partial charge in [-0.3, -0.25) is 10.0 Å². The number of carbonyl (C=O) groups is 1. The van der Waals surface area contributed by atoms with Crippen LogP contribution < -0.4 is 10.2 Å². The summed E-state index contributed by atoms with van der Waals surface area (Å²) in [6.45, 7) is 6.54. The maximum absolute atomic E-state index is 11.5. The third-order valence-electron chi connectivity index (χ3n) is 4.42. The highest BCUT2D eigenvalue weighted by Gasteiger charge is 2.15. The number of nitrogens with zero attached hydrogens (tertiary/aromatic N) is 2. The summed E-state index contributed by atoms with van der Waals surface area (Å²) in [5.41, 5.74) is 6.27. The van der Waals surface area contributed by atoms with Gasteiger partial charge in [-0.15, -0.1) is 0 Å². The molecule has 1 aromatic heterocycles. The van der Waals surface area contributed by atoms with Crippen molar-refractivity contribution in [2.75, 3.05) is 7.11 Å². The first-order chi connectivity index (χ1) is 13.1. The molecule has 6 heteroatoms. The van der Waals surface area contributed by atoms with E-state index in [1.165, 1.54) is 0 Å². The molecule has 0 aliphatic rings. The average molecular weight is 363 g/mol. The molecule has 1 heterocycles. The number of hydroxylamine groups is 1. The van der Waals surface area contributed by atoms with E-state index in [0.29, 0.717) is 5.56 Å². The Labute approximate surface area is 157 Å². The number of ether oxygens (including phenoxy) is 1. The van der Waals surface area contributed by atoms with Crippen LogP contribution in [0, 0.1) is 0 Å². The van der Waals surface area contributed by atoms with E-state index in [-0.39, 0.29) is 5.57 Å². The number of aromatic nitrogens is 2. The van der Waals surface area contributed by atoms with Crippen molar-refractivity contribution in [1.29, 1.82) is 0 Å². The number of aryl methyl sites for hydroxylation is 1. The van der Waals surface area contributed by atoms with Crippen LogP contribution >= 0.6 is 0 Å². The molecular formula is C21H21N3O3. The van der Waals surface area contributed by atoms with Gasteiger partial charge in [0.15, 0.2) is 0 Å². The molecule has 27 heavy (non-hydrogen) atoms. The molecule has 6 nitrogen and oxygen atoms in total. The third kappa shape index (κ3) is 3.61. The standard InChI is InChI=1S/C21H21N3O3/c1-4-24-13-22-19(16-9-11-18(27-3)12-10-16)20(24)17-7-5-15(6-8-17)14(2)21(25)23-26/h5-13,26H,2,4H2,1,3H3,(H,23,25). The molecule has 0 fully saturated rings. The van der Waals surface area contributed by atoms with E-state index in [9.17, 15) is 4.79 Å². The second kappa shape index (κ2) is 7.88. The van der Waals surface area contributed by atoms with Crippen molar-refractivity contribution in [3.05, 3.63) is 67.0 Å². The Balaban J connectivity index is 2.02. The summed E-state index contributed by atoms with van der Waals surface area (Å²) < 4.78 is 7.30. The van der Waals surface area contributed by atoms with Crippen LogP contribution in [0.5, 0.6) is 5.75 Å². The number of rotatable bonds is 6. The molecule has 0 bridgehead atoms. The molecule has 0 atom stereocenters. The predicted molar refractivity (Wildman–Crippen MR) is 104 cm³/mol. The molecule has 0 radical (unpaired) electrons. The maximum atomic E-state index is 11.5. The first kappa shape index (κ1) is 18.4. The van der Waals surface area contributed by atoms with Crippen LogP contribution in [0.4, 0.5) is 0 Å². The molecule has 0 unspecified atom stereocenters. The SMILES string of the molecule is C=C(C(=O)NO)c1ccc(-c2c(-c3ccc(OC)cc3)ncn2CC)cc1. The molecule has 2 aromatic carbocycles. The van der Waals surface area contributed by atoms with Crippen molar-refractivity contribution in [2.24, 2.45) is 0 Å². The molecule has 3 rings (SSSR count). The number of imidazole rings is 1. The van der Waals surface area contributed by atoms with E-state index in [4.69, 9.17) is 9.94 Å². The molecule has 138 valence electrons. The van der Waals surface area contributed by atoms with E-state index in [0.717, 1.165) is 34.8 Å². The molecule has 3 aromatic rings. The summed E-state index contributed by atoms with van der Waals surface area (Å²) in [6, 6.07) is 15.2. The predicted octanol–water partition coefficient (Wildman–Crippen LogP) is 3.76. The Kier molecular flexibility index (Phi) is 5.38. The Morgan fingerprint density at radius 3 is 2.33 bits per heavy atom. The normalized spacial score (nSPS) is 10.5. The average Bonchev–Trinajstić information content (AvgIpc) is 3.16. The summed E-state index contributed by atoms with van der Waals surface area (Å²) >= 11 is 0. The first-order valence-corrected chi connectivity index (χ1v) is 8.52. The van der Waals surface area contributed by atoms with Crippen LogP contribution in [0.1, 0.15) is 12.5 Å². The van der Waals surface area contributed by atoms with Gasteiger partial charge in [0.05, 0.1) is 24.8 Å². The van der Waals surface area contributed by atoms with Crippen LogP contribution in [0.3, 0.4) is 0 Å². The lowest BCUT2D eigenvalue weighted by atomic mass is 10.0. The van der Waals surface area contributed by atoms with Gasteiger partial charge < -0.3 is 9.30 Å². The van der Waals surface area contributed by atoms with Gasteiger partial charge in [0.25, 0.3) is 5.91 Å². The zero-order chi connectivity index (χ0) is 19.4. The van der Waals surface area contributed by atoms with Gasteiger partial charge in [-0.1, -0.05) is 30.8 Å². The highest BCUT2D eigenvalue weighted by atomic mass is 16.5. The third-order valence-corrected chi connectivity index (χ3v) is 4.42. The van der Waals surface area contributed by atoms with E-state index in [2.05, 4.69) is 23.1 Å². The summed E-state index contributed by atoms with van der Waals surface area (Å²) in [5.74, 6) is 0.167. The lowest BCUT2D eigenvalue weighted by Crippen LogP contribution is -2.19. The van der Waals surface area contributed by atoms with Crippen LogP contribution in [-0.2, 0) is 11.3 Å². The van der Waals surface area contributed by atoms with E-state index in [1.54, 1.807) is 24.7 Å². The molecule has 0 saturated carbocycles. The van der Waals surface area contributed by atoms with E-state index < -0.39 is 5.91 Å². The van der Waals surface area contributed by atoms with Crippen LogP contribution in [0.25, 0.3) is 28.1 Å². The molecular weight excluding hydrogens is 342 g/mol. The van der Waals surface area contributed by atoms with Crippen molar-refractivity contribution in [3.63, 3.8) is 0 Å². The minimum Gasteiger partial charge on any atom is -0.497 e. The van der Waals surface area contributed by atoms with Crippen LogP contribution in [-0.4, -0.2) is 27.8 Å². The van der Waals surface area contributed by atoms with Crippen LogP contribution in [0.15, 0.2) is 61.4 Å². The number of methoxy groups -OCH3 is 1. The second-order valence-electron chi connectivity index (χ2n) is 5.95. The summed E-state index contributed by atoms with van der Waals surface area (Å²) in [7, 11) is 1.64. The van der Waals surface area contributed by atoms with Crippen molar-refractivity contribution >= 4 is 11.5 Å². The number of amides is 1. The number of nitrogens with one attached hydrogen (secondary N) is 1. The van der Waals surface area contributed by atoms with Crippen molar-refractivity contribution in [1.82, 2.24) is 15.0 Å². The van der Waals surface area contributed by atoms with Gasteiger partial charge in [0.2, 0.25) is 0 Å². The fraction of sp³-hybridized carbons (Fsp3) is 0.143. The van der Waals surface area contributed by atoms with Gasteiger partial charge in [-0.25, -0.2) is 10.5 Å². The molecule has 0 aliphatic heterocycles. The first-order valence-electron chi connectivity index (χ1n) is 8.52. The van der Waals surface area contributed by atoms with E-state index >= 15 is 0 Å². The Hall–Kier alpha value is -3.38. The molecule has 2 N–H and O–H groups in total. The number of hydrogen-bond acceptors (Lipinski definition) is 4. The lowest BCUT2D eigenvalue weighted by molar-refractivity contribution is -0.123. The number of carbonyl (C=O) groups excluding carboxylic acids is 1. The van der Waals surface area contributed by atoms with Crippen LogP contribution in [0.2, 0.25) is 0 Å². The molecule has 0 aliphatic carbocycles. The number of benzene rings is 2. The fourth-order valence-corrected chi connectivity index (χ4v) is 2.91. The molecule has 1 amide bonds. The monoisotopic (exact) mass is 363 g/mol. The zero-order valence-corrected chi connectivity index (χ0v) is 15.3. The topological polar surface area (TPSA) is 76.4 Å². The minimum absolute atomic E-state index is 0.198. The maximum Gasteiger partial charge on any atom is 0.274 e. The summed E-state index contributed by atoms with van der Waals surface area (Å²) in [5, 5.41) is 8.76. The van der Waals surface area contributed by atoms with Gasteiger partial charge in [-0.05, 0) is 36.8 Å². The highest BCUT2D eigenvalue weighted by Crippen LogP contribution is 2.32. The minimum atomic E-state index is -0.625. The van der Waals surface area contributed by atoms with Crippen molar-refractivity contribution < 1.29 is 14.7 Å². The summed E-state index contributed by atoms with van der Waals surface area (Å²) in [4.78, 5) is 16.1.